The zero-order valence-electron chi connectivity index (χ0n) is 13.5. The first-order valence-corrected chi connectivity index (χ1v) is 8.59. The van der Waals surface area contributed by atoms with Gasteiger partial charge in [-0.1, -0.05) is 23.2 Å². The van der Waals surface area contributed by atoms with Gasteiger partial charge in [0.05, 0.1) is 15.6 Å². The molecule has 2 N–H and O–H groups in total. The van der Waals surface area contributed by atoms with Crippen molar-refractivity contribution in [1.29, 1.82) is 0 Å². The molecule has 0 aliphatic carbocycles. The molecule has 4 rings (SSSR count). The number of benzene rings is 1. The second-order valence-corrected chi connectivity index (χ2v) is 6.74. The van der Waals surface area contributed by atoms with E-state index in [1.165, 1.54) is 0 Å². The number of halogens is 5. The van der Waals surface area contributed by atoms with Gasteiger partial charge in [0.2, 0.25) is 5.88 Å². The summed E-state index contributed by atoms with van der Waals surface area (Å²) in [5, 5.41) is 17.6. The molecule has 0 spiro atoms. The molecule has 5 nitrogen and oxygen atoms in total. The molecule has 2 aromatic heterocycles. The zero-order chi connectivity index (χ0) is 19.3. The normalized spacial score (nSPS) is 13.5. The highest BCUT2D eigenvalue weighted by Crippen LogP contribution is 2.42. The molecule has 0 saturated heterocycles. The molecular weight excluding hydrogens is 404 g/mol. The largest absolute Gasteiger partial charge is 0.493 e. The van der Waals surface area contributed by atoms with Gasteiger partial charge in [-0.05, 0) is 30.7 Å². The zero-order valence-corrected chi connectivity index (χ0v) is 15.0. The number of aromatic nitrogens is 3. The summed E-state index contributed by atoms with van der Waals surface area (Å²) in [7, 11) is 0. The molecule has 0 radical (unpaired) electrons. The number of aromatic hydroxyl groups is 1. The van der Waals surface area contributed by atoms with Gasteiger partial charge in [-0.15, -0.1) is 0 Å². The molecule has 3 heterocycles. The van der Waals surface area contributed by atoms with Crippen LogP contribution in [0.3, 0.4) is 0 Å². The number of alkyl halides is 3. The lowest BCUT2D eigenvalue weighted by atomic mass is 10.1. The third kappa shape index (κ3) is 2.98. The Hall–Kier alpha value is -2.45. The maximum Gasteiger partial charge on any atom is 0.416 e. The summed E-state index contributed by atoms with van der Waals surface area (Å²) in [6.07, 6.45) is -2.53. The van der Waals surface area contributed by atoms with E-state index in [0.717, 1.165) is 16.8 Å². The summed E-state index contributed by atoms with van der Waals surface area (Å²) in [6, 6.07) is 5.02. The van der Waals surface area contributed by atoms with Crippen molar-refractivity contribution in [1.82, 2.24) is 14.8 Å². The molecule has 0 unspecified atom stereocenters. The van der Waals surface area contributed by atoms with E-state index >= 15 is 0 Å². The third-order valence-electron chi connectivity index (χ3n) is 4.24. The molecule has 0 amide bonds. The summed E-state index contributed by atoms with van der Waals surface area (Å²) >= 11 is 12.1. The molecule has 10 heteroatoms. The number of hydrogen-bond donors (Lipinski definition) is 2. The number of fused-ring (bicyclic) bond motifs is 3. The summed E-state index contributed by atoms with van der Waals surface area (Å²) in [5.74, 6) is 0.373. The lowest BCUT2D eigenvalue weighted by Gasteiger charge is -2.13. The highest BCUT2D eigenvalue weighted by Gasteiger charge is 2.33. The van der Waals surface area contributed by atoms with Gasteiger partial charge < -0.3 is 10.4 Å². The Morgan fingerprint density at radius 3 is 2.56 bits per heavy atom. The first kappa shape index (κ1) is 17.9. The second-order valence-electron chi connectivity index (χ2n) is 5.93. The van der Waals surface area contributed by atoms with Crippen LogP contribution in [0.1, 0.15) is 11.1 Å². The minimum absolute atomic E-state index is 0.0182. The van der Waals surface area contributed by atoms with Crippen molar-refractivity contribution in [3.8, 4) is 22.8 Å². The van der Waals surface area contributed by atoms with Crippen LogP contribution in [0.15, 0.2) is 30.5 Å². The van der Waals surface area contributed by atoms with E-state index < -0.39 is 11.7 Å². The van der Waals surface area contributed by atoms with Crippen molar-refractivity contribution in [2.45, 2.75) is 12.6 Å². The van der Waals surface area contributed by atoms with Gasteiger partial charge in [-0.2, -0.15) is 23.0 Å². The molecule has 1 aliphatic rings. The number of anilines is 1. The van der Waals surface area contributed by atoms with E-state index in [-0.39, 0.29) is 21.6 Å². The van der Waals surface area contributed by atoms with E-state index in [9.17, 15) is 18.3 Å². The molecule has 1 aliphatic heterocycles. The molecule has 0 fully saturated rings. The van der Waals surface area contributed by atoms with Gasteiger partial charge in [0.1, 0.15) is 17.2 Å². The molecule has 3 aromatic rings. The van der Waals surface area contributed by atoms with Crippen molar-refractivity contribution in [2.75, 3.05) is 11.9 Å². The number of nitrogens with one attached hydrogen (secondary N) is 1. The van der Waals surface area contributed by atoms with Crippen LogP contribution in [-0.4, -0.2) is 26.4 Å². The molecule has 27 heavy (non-hydrogen) atoms. The lowest BCUT2D eigenvalue weighted by molar-refractivity contribution is -0.137. The van der Waals surface area contributed by atoms with Crippen molar-refractivity contribution in [3.63, 3.8) is 0 Å². The summed E-state index contributed by atoms with van der Waals surface area (Å²) in [4.78, 5) is 4.24. The summed E-state index contributed by atoms with van der Waals surface area (Å²) < 4.78 is 39.9. The third-order valence-corrected chi connectivity index (χ3v) is 4.82. The van der Waals surface area contributed by atoms with Crippen molar-refractivity contribution in [2.24, 2.45) is 0 Å². The number of rotatable bonds is 1. The fourth-order valence-corrected chi connectivity index (χ4v) is 3.67. The topological polar surface area (TPSA) is 63.0 Å². The Morgan fingerprint density at radius 1 is 1.19 bits per heavy atom. The van der Waals surface area contributed by atoms with Crippen LogP contribution < -0.4 is 5.32 Å². The average Bonchev–Trinajstić information content (AvgIpc) is 2.80. The Kier molecular flexibility index (Phi) is 4.20. The highest BCUT2D eigenvalue weighted by atomic mass is 35.5. The minimum atomic E-state index is -4.59. The average molecular weight is 415 g/mol. The predicted octanol–water partition coefficient (Wildman–Crippen LogP) is 4.93. The van der Waals surface area contributed by atoms with Crippen LogP contribution in [-0.2, 0) is 12.6 Å². The van der Waals surface area contributed by atoms with Gasteiger partial charge in [0, 0.05) is 23.9 Å². The van der Waals surface area contributed by atoms with Gasteiger partial charge in [0.15, 0.2) is 0 Å². The summed E-state index contributed by atoms with van der Waals surface area (Å²) in [6.45, 7) is 0.505. The Labute approximate surface area is 161 Å². The Balaban J connectivity index is 1.92. The predicted molar refractivity (Wildman–Crippen MR) is 95.7 cm³/mol. The molecule has 140 valence electrons. The van der Waals surface area contributed by atoms with E-state index in [4.69, 9.17) is 23.2 Å². The SMILES string of the molecule is Oc1c2c(nn1-c1c(Cl)cc(C(F)(F)F)cc1Cl)-c1cccnc1NCC2. The van der Waals surface area contributed by atoms with Crippen LogP contribution in [0.25, 0.3) is 16.9 Å². The minimum Gasteiger partial charge on any atom is -0.493 e. The van der Waals surface area contributed by atoms with Crippen molar-refractivity contribution < 1.29 is 18.3 Å². The molecule has 0 atom stereocenters. The fourth-order valence-electron chi connectivity index (χ4n) is 3.02. The van der Waals surface area contributed by atoms with Crippen molar-refractivity contribution in [3.05, 3.63) is 51.6 Å². The van der Waals surface area contributed by atoms with E-state index in [2.05, 4.69) is 15.4 Å². The van der Waals surface area contributed by atoms with Crippen LogP contribution in [0.4, 0.5) is 19.0 Å². The summed E-state index contributed by atoms with van der Waals surface area (Å²) in [5.41, 5.74) is 0.663. The second kappa shape index (κ2) is 6.31. The molecule has 0 bridgehead atoms. The standard InChI is InChI=1S/C17H11Cl2F3N4O/c18-11-6-8(17(20,21)22)7-12(19)14(11)26-16(27)10-3-5-24-15-9(13(10)25-26)2-1-4-23-15/h1-2,4,6-7,27H,3,5H2,(H,23,24). The van der Waals surface area contributed by atoms with E-state index in [0.29, 0.717) is 35.6 Å². The van der Waals surface area contributed by atoms with Crippen LogP contribution in [0.2, 0.25) is 10.0 Å². The first-order valence-electron chi connectivity index (χ1n) is 7.84. The monoisotopic (exact) mass is 414 g/mol. The van der Waals surface area contributed by atoms with Crippen LogP contribution in [0, 0.1) is 0 Å². The number of nitrogens with zero attached hydrogens (tertiary/aromatic N) is 3. The van der Waals surface area contributed by atoms with Gasteiger partial charge in [0.25, 0.3) is 0 Å². The van der Waals surface area contributed by atoms with Crippen LogP contribution >= 0.6 is 23.2 Å². The number of hydrogen-bond acceptors (Lipinski definition) is 4. The van der Waals surface area contributed by atoms with Crippen LogP contribution in [0.5, 0.6) is 5.88 Å². The number of pyridine rings is 1. The maximum absolute atomic E-state index is 13.0. The van der Waals surface area contributed by atoms with Crippen molar-refractivity contribution >= 4 is 29.0 Å². The quantitative estimate of drug-likeness (QED) is 0.592. The molecule has 1 aromatic carbocycles. The van der Waals surface area contributed by atoms with Gasteiger partial charge >= 0.3 is 6.18 Å². The van der Waals surface area contributed by atoms with Gasteiger partial charge in [-0.3, -0.25) is 0 Å². The Morgan fingerprint density at radius 2 is 1.89 bits per heavy atom. The van der Waals surface area contributed by atoms with E-state index in [1.54, 1.807) is 18.3 Å². The molecule has 0 saturated carbocycles. The van der Waals surface area contributed by atoms with Gasteiger partial charge in [-0.25, -0.2) is 4.98 Å². The Bertz CT molecular complexity index is 1030. The highest BCUT2D eigenvalue weighted by molar-refractivity contribution is 6.37. The molecular formula is C17H11Cl2F3N4O. The smallest absolute Gasteiger partial charge is 0.416 e. The lowest BCUT2D eigenvalue weighted by Crippen LogP contribution is -2.08. The first-order chi connectivity index (χ1) is 12.8. The maximum atomic E-state index is 13.0. The van der Waals surface area contributed by atoms with E-state index in [1.807, 2.05) is 0 Å². The fraction of sp³-hybridized carbons (Fsp3) is 0.176.